The Morgan fingerprint density at radius 2 is 2.30 bits per heavy atom. The van der Waals surface area contributed by atoms with Gasteiger partial charge in [-0.05, 0) is 36.8 Å². The molecule has 120 valence electrons. The van der Waals surface area contributed by atoms with Crippen molar-refractivity contribution < 1.29 is 9.59 Å². The minimum Gasteiger partial charge on any atom is -0.354 e. The predicted octanol–water partition coefficient (Wildman–Crippen LogP) is 1.67. The number of carbonyl (C=O) groups is 2. The predicted molar refractivity (Wildman–Crippen MR) is 86.3 cm³/mol. The lowest BCUT2D eigenvalue weighted by Gasteiger charge is -2.35. The summed E-state index contributed by atoms with van der Waals surface area (Å²) in [5, 5.41) is 3.02. The Morgan fingerprint density at radius 3 is 3.04 bits per heavy atom. The van der Waals surface area contributed by atoms with Crippen LogP contribution in [-0.4, -0.2) is 34.3 Å². The van der Waals surface area contributed by atoms with E-state index >= 15 is 0 Å². The van der Waals surface area contributed by atoms with Gasteiger partial charge in [-0.25, -0.2) is 0 Å². The maximum Gasteiger partial charge on any atom is 0.255 e. The number of nitrogens with zero attached hydrogens (tertiary/aromatic N) is 2. The average Bonchev–Trinajstić information content (AvgIpc) is 3.29. The van der Waals surface area contributed by atoms with Gasteiger partial charge in [0, 0.05) is 36.8 Å². The van der Waals surface area contributed by atoms with Gasteiger partial charge < -0.3 is 10.2 Å². The molecular formula is C18H21N3O2. The lowest BCUT2D eigenvalue weighted by Crippen LogP contribution is -2.50. The summed E-state index contributed by atoms with van der Waals surface area (Å²) in [6, 6.07) is 1.57. The van der Waals surface area contributed by atoms with E-state index in [1.165, 1.54) is 12.8 Å². The molecule has 1 aromatic heterocycles. The molecule has 1 atom stereocenters. The SMILES string of the molecule is CC[C@H](C(=O)NCC1CC1)N1Cc2ccnc3c2C(=CC3)C1=O. The standard InChI is InChI=1S/C18H21N3O2/c1-2-15(17(22)20-9-11-3-4-11)21-10-12-7-8-19-14-6-5-13(16(12)14)18(21)23/h5,7-8,11,15H,2-4,6,9-10H2,1H3,(H,20,22)/t15-/m1/s1. The molecule has 0 bridgehead atoms. The highest BCUT2D eigenvalue weighted by atomic mass is 16.2. The molecule has 1 aromatic rings. The van der Waals surface area contributed by atoms with E-state index in [0.29, 0.717) is 25.3 Å². The smallest absolute Gasteiger partial charge is 0.255 e. The van der Waals surface area contributed by atoms with Crippen LogP contribution in [0, 0.1) is 5.92 Å². The largest absolute Gasteiger partial charge is 0.354 e. The van der Waals surface area contributed by atoms with Crippen molar-refractivity contribution in [1.82, 2.24) is 15.2 Å². The molecule has 3 aliphatic rings. The molecule has 0 spiro atoms. The quantitative estimate of drug-likeness (QED) is 0.900. The number of amides is 2. The third-order valence-electron chi connectivity index (χ3n) is 5.04. The van der Waals surface area contributed by atoms with Gasteiger partial charge in [-0.2, -0.15) is 0 Å². The van der Waals surface area contributed by atoms with Crippen LogP contribution in [0.1, 0.15) is 43.0 Å². The minimum absolute atomic E-state index is 0.0240. The Morgan fingerprint density at radius 1 is 1.48 bits per heavy atom. The summed E-state index contributed by atoms with van der Waals surface area (Å²) in [5.41, 5.74) is 3.81. The average molecular weight is 311 g/mol. The van der Waals surface area contributed by atoms with Gasteiger partial charge in [0.2, 0.25) is 5.91 Å². The molecule has 5 nitrogen and oxygen atoms in total. The summed E-state index contributed by atoms with van der Waals surface area (Å²) in [4.78, 5) is 31.5. The van der Waals surface area contributed by atoms with Crippen molar-refractivity contribution in [1.29, 1.82) is 0 Å². The topological polar surface area (TPSA) is 62.3 Å². The molecule has 23 heavy (non-hydrogen) atoms. The highest BCUT2D eigenvalue weighted by Crippen LogP contribution is 2.36. The summed E-state index contributed by atoms with van der Waals surface area (Å²) in [5.74, 6) is 0.585. The van der Waals surface area contributed by atoms with Crippen LogP contribution >= 0.6 is 0 Å². The first kappa shape index (κ1) is 14.4. The van der Waals surface area contributed by atoms with E-state index in [1.807, 2.05) is 19.1 Å². The second-order valence-corrected chi connectivity index (χ2v) is 6.66. The molecule has 4 rings (SSSR count). The fourth-order valence-electron chi connectivity index (χ4n) is 3.55. The van der Waals surface area contributed by atoms with Crippen LogP contribution in [0.25, 0.3) is 5.57 Å². The minimum atomic E-state index is -0.396. The number of rotatable bonds is 5. The van der Waals surface area contributed by atoms with Crippen molar-refractivity contribution in [3.63, 3.8) is 0 Å². The van der Waals surface area contributed by atoms with Gasteiger partial charge in [-0.3, -0.25) is 14.6 Å². The number of pyridine rings is 1. The zero-order valence-corrected chi connectivity index (χ0v) is 13.3. The monoisotopic (exact) mass is 311 g/mol. The first-order valence-corrected chi connectivity index (χ1v) is 8.45. The zero-order valence-electron chi connectivity index (χ0n) is 13.3. The summed E-state index contributed by atoms with van der Waals surface area (Å²) < 4.78 is 0. The molecule has 1 saturated carbocycles. The molecular weight excluding hydrogens is 290 g/mol. The van der Waals surface area contributed by atoms with E-state index in [9.17, 15) is 9.59 Å². The molecule has 0 unspecified atom stereocenters. The van der Waals surface area contributed by atoms with Crippen molar-refractivity contribution in [3.05, 3.63) is 35.2 Å². The van der Waals surface area contributed by atoms with E-state index in [0.717, 1.165) is 28.9 Å². The van der Waals surface area contributed by atoms with Crippen LogP contribution < -0.4 is 5.32 Å². The first-order valence-electron chi connectivity index (χ1n) is 8.45. The number of allylic oxidation sites excluding steroid dienone is 1. The zero-order chi connectivity index (χ0) is 16.0. The van der Waals surface area contributed by atoms with Gasteiger partial charge in [0.05, 0.1) is 5.69 Å². The van der Waals surface area contributed by atoms with Crippen molar-refractivity contribution in [2.45, 2.75) is 45.2 Å². The Kier molecular flexibility index (Phi) is 3.43. The summed E-state index contributed by atoms with van der Waals surface area (Å²) in [7, 11) is 0. The van der Waals surface area contributed by atoms with Crippen molar-refractivity contribution in [3.8, 4) is 0 Å². The Hall–Kier alpha value is -2.17. The summed E-state index contributed by atoms with van der Waals surface area (Å²) in [6.45, 7) is 3.20. The van der Waals surface area contributed by atoms with E-state index in [-0.39, 0.29) is 11.8 Å². The van der Waals surface area contributed by atoms with E-state index < -0.39 is 6.04 Å². The van der Waals surface area contributed by atoms with Gasteiger partial charge in [-0.15, -0.1) is 0 Å². The lowest BCUT2D eigenvalue weighted by molar-refractivity contribution is -0.137. The van der Waals surface area contributed by atoms with Crippen LogP contribution in [0.5, 0.6) is 0 Å². The molecule has 2 heterocycles. The fourth-order valence-corrected chi connectivity index (χ4v) is 3.55. The van der Waals surface area contributed by atoms with Crippen LogP contribution in [-0.2, 0) is 22.6 Å². The number of nitrogens with one attached hydrogen (secondary N) is 1. The van der Waals surface area contributed by atoms with Crippen molar-refractivity contribution in [2.75, 3.05) is 6.54 Å². The number of hydrogen-bond acceptors (Lipinski definition) is 3. The number of hydrogen-bond donors (Lipinski definition) is 1. The Labute approximate surface area is 135 Å². The molecule has 2 amide bonds. The maximum absolute atomic E-state index is 12.9. The second-order valence-electron chi connectivity index (χ2n) is 6.66. The Bertz CT molecular complexity index is 706. The second kappa shape index (κ2) is 5.48. The normalized spacial score (nSPS) is 20.1. The number of aromatic nitrogens is 1. The van der Waals surface area contributed by atoms with Gasteiger partial charge in [-0.1, -0.05) is 13.0 Å². The third kappa shape index (κ3) is 2.44. The van der Waals surface area contributed by atoms with Gasteiger partial charge in [0.15, 0.2) is 0 Å². The van der Waals surface area contributed by atoms with Crippen LogP contribution in [0.2, 0.25) is 0 Å². The fraction of sp³-hybridized carbons (Fsp3) is 0.500. The third-order valence-corrected chi connectivity index (χ3v) is 5.04. The molecule has 0 radical (unpaired) electrons. The van der Waals surface area contributed by atoms with E-state index in [1.54, 1.807) is 11.1 Å². The van der Waals surface area contributed by atoms with E-state index in [2.05, 4.69) is 10.3 Å². The van der Waals surface area contributed by atoms with Gasteiger partial charge >= 0.3 is 0 Å². The van der Waals surface area contributed by atoms with Crippen molar-refractivity contribution in [2.24, 2.45) is 5.92 Å². The molecule has 1 aliphatic heterocycles. The van der Waals surface area contributed by atoms with E-state index in [4.69, 9.17) is 0 Å². The molecule has 1 fully saturated rings. The molecule has 5 heteroatoms. The maximum atomic E-state index is 12.9. The van der Waals surface area contributed by atoms with Gasteiger partial charge in [0.25, 0.3) is 5.91 Å². The molecule has 1 N–H and O–H groups in total. The van der Waals surface area contributed by atoms with Gasteiger partial charge in [0.1, 0.15) is 6.04 Å². The van der Waals surface area contributed by atoms with Crippen LogP contribution in [0.15, 0.2) is 18.3 Å². The molecule has 0 saturated heterocycles. The molecule has 0 aromatic carbocycles. The highest BCUT2D eigenvalue weighted by Gasteiger charge is 2.38. The molecule has 2 aliphatic carbocycles. The first-order chi connectivity index (χ1) is 11.2. The van der Waals surface area contributed by atoms with Crippen molar-refractivity contribution >= 4 is 17.4 Å². The Balaban J connectivity index is 1.58. The number of carbonyl (C=O) groups excluding carboxylic acids is 2. The van der Waals surface area contributed by atoms with Crippen LogP contribution in [0.4, 0.5) is 0 Å². The summed E-state index contributed by atoms with van der Waals surface area (Å²) >= 11 is 0. The summed E-state index contributed by atoms with van der Waals surface area (Å²) in [6.07, 6.45) is 7.49. The highest BCUT2D eigenvalue weighted by molar-refractivity contribution is 6.22. The lowest BCUT2D eigenvalue weighted by atomic mass is 9.95. The van der Waals surface area contributed by atoms with Crippen LogP contribution in [0.3, 0.4) is 0 Å².